The molecule has 1 amide bonds. The van der Waals surface area contributed by atoms with Gasteiger partial charge < -0.3 is 9.47 Å². The van der Waals surface area contributed by atoms with Gasteiger partial charge in [-0.25, -0.2) is 9.97 Å². The Morgan fingerprint density at radius 2 is 2.16 bits per heavy atom. The predicted octanol–water partition coefficient (Wildman–Crippen LogP) is 2.57. The molecule has 0 N–H and O–H groups in total. The molecule has 0 spiro atoms. The molecule has 0 atom stereocenters. The van der Waals surface area contributed by atoms with Crippen LogP contribution in [0.5, 0.6) is 0 Å². The summed E-state index contributed by atoms with van der Waals surface area (Å²) in [6.07, 6.45) is 5.71. The lowest BCUT2D eigenvalue weighted by atomic mass is 9.95. The summed E-state index contributed by atoms with van der Waals surface area (Å²) in [6.45, 7) is 4.07. The molecule has 3 aromatic heterocycles. The van der Waals surface area contributed by atoms with E-state index in [-0.39, 0.29) is 5.91 Å². The Balaban J connectivity index is 1.42. The van der Waals surface area contributed by atoms with E-state index in [0.29, 0.717) is 10.8 Å². The number of amides is 1. The summed E-state index contributed by atoms with van der Waals surface area (Å²) in [5.74, 6) is 1.52. The van der Waals surface area contributed by atoms with Gasteiger partial charge in [0.2, 0.25) is 0 Å². The average Bonchev–Trinajstić information content (AvgIpc) is 3.37. The first-order chi connectivity index (χ1) is 12.2. The van der Waals surface area contributed by atoms with Gasteiger partial charge in [0.15, 0.2) is 0 Å². The third-order valence-electron chi connectivity index (χ3n) is 4.56. The molecular formula is C16H18N6OS2. The molecule has 0 saturated carbocycles. The topological polar surface area (TPSA) is 76.8 Å². The molecule has 1 fully saturated rings. The minimum Gasteiger partial charge on any atom is -0.338 e. The Bertz CT molecular complexity index is 848. The largest absolute Gasteiger partial charge is 0.338 e. The molecule has 25 heavy (non-hydrogen) atoms. The van der Waals surface area contributed by atoms with Crippen molar-refractivity contribution < 1.29 is 4.79 Å². The van der Waals surface area contributed by atoms with Crippen LogP contribution < -0.4 is 0 Å². The number of imidazole rings is 1. The molecule has 0 aromatic carbocycles. The van der Waals surface area contributed by atoms with Crippen molar-refractivity contribution in [3.05, 3.63) is 45.4 Å². The summed E-state index contributed by atoms with van der Waals surface area (Å²) < 4.78 is 6.04. The monoisotopic (exact) mass is 374 g/mol. The molecule has 0 bridgehead atoms. The van der Waals surface area contributed by atoms with Gasteiger partial charge in [0.25, 0.3) is 5.91 Å². The fraction of sp³-hybridized carbons (Fsp3) is 0.438. The van der Waals surface area contributed by atoms with Crippen LogP contribution in [0.15, 0.2) is 23.3 Å². The average molecular weight is 374 g/mol. The first-order valence-corrected chi connectivity index (χ1v) is 9.90. The van der Waals surface area contributed by atoms with Crippen molar-refractivity contribution in [1.29, 1.82) is 0 Å². The first-order valence-electron chi connectivity index (χ1n) is 8.18. The lowest BCUT2D eigenvalue weighted by molar-refractivity contribution is 0.0714. The number of carbonyl (C=O) groups is 1. The summed E-state index contributed by atoms with van der Waals surface area (Å²) in [7, 11) is 0. The molecule has 0 aliphatic carbocycles. The fourth-order valence-electron chi connectivity index (χ4n) is 3.22. The zero-order chi connectivity index (χ0) is 17.2. The van der Waals surface area contributed by atoms with Crippen LogP contribution in [0.25, 0.3) is 0 Å². The Kier molecular flexibility index (Phi) is 4.58. The second-order valence-corrected chi connectivity index (χ2v) is 7.62. The number of aromatic nitrogens is 5. The normalized spacial score (nSPS) is 15.6. The summed E-state index contributed by atoms with van der Waals surface area (Å²) in [6, 6.07) is 0. The van der Waals surface area contributed by atoms with Crippen LogP contribution in [0.3, 0.4) is 0 Å². The molecule has 130 valence electrons. The SMILES string of the molecule is Cc1nnsc1C(=O)N1CCC(c2nccn2Cc2cscn2)CC1. The molecule has 1 saturated heterocycles. The van der Waals surface area contributed by atoms with Crippen LogP contribution >= 0.6 is 22.9 Å². The second kappa shape index (κ2) is 7.01. The molecule has 0 radical (unpaired) electrons. The molecule has 3 aromatic rings. The highest BCUT2D eigenvalue weighted by molar-refractivity contribution is 7.08. The van der Waals surface area contributed by atoms with E-state index < -0.39 is 0 Å². The second-order valence-electron chi connectivity index (χ2n) is 6.15. The maximum absolute atomic E-state index is 12.6. The highest BCUT2D eigenvalue weighted by Crippen LogP contribution is 2.28. The minimum absolute atomic E-state index is 0.0526. The molecule has 0 unspecified atom stereocenters. The number of aryl methyl sites for hydroxylation is 1. The Morgan fingerprint density at radius 1 is 1.32 bits per heavy atom. The van der Waals surface area contributed by atoms with Crippen molar-refractivity contribution in [2.24, 2.45) is 0 Å². The molecule has 1 aliphatic heterocycles. The fourth-order valence-corrected chi connectivity index (χ4v) is 4.39. The smallest absolute Gasteiger partial charge is 0.267 e. The van der Waals surface area contributed by atoms with E-state index in [1.54, 1.807) is 11.3 Å². The summed E-state index contributed by atoms with van der Waals surface area (Å²) in [5.41, 5.74) is 3.63. The standard InChI is InChI=1S/C16H18N6OS2/c1-11-14(25-20-19-11)16(23)21-5-2-12(3-6-21)15-17-4-7-22(15)8-13-9-24-10-18-13/h4,7,9-10,12H,2-3,5-6,8H2,1H3. The molecule has 7 nitrogen and oxygen atoms in total. The van der Waals surface area contributed by atoms with Gasteiger partial charge in [-0.2, -0.15) is 0 Å². The van der Waals surface area contributed by atoms with Crippen LogP contribution in [-0.4, -0.2) is 48.0 Å². The number of hydrogen-bond acceptors (Lipinski definition) is 7. The number of rotatable bonds is 4. The molecule has 4 rings (SSSR count). The van der Waals surface area contributed by atoms with Crippen molar-refractivity contribution in [2.45, 2.75) is 32.2 Å². The number of likely N-dealkylation sites (tertiary alicyclic amines) is 1. The maximum Gasteiger partial charge on any atom is 0.267 e. The molecular weight excluding hydrogens is 356 g/mol. The van der Waals surface area contributed by atoms with Crippen molar-refractivity contribution in [3.63, 3.8) is 0 Å². The predicted molar refractivity (Wildman–Crippen MR) is 96.0 cm³/mol. The van der Waals surface area contributed by atoms with Gasteiger partial charge in [0.1, 0.15) is 10.7 Å². The molecule has 4 heterocycles. The van der Waals surface area contributed by atoms with E-state index in [0.717, 1.165) is 49.7 Å². The van der Waals surface area contributed by atoms with Crippen molar-refractivity contribution in [1.82, 2.24) is 29.0 Å². The summed E-state index contributed by atoms with van der Waals surface area (Å²) in [4.78, 5) is 24.1. The Labute approximate surface area is 153 Å². The highest BCUT2D eigenvalue weighted by Gasteiger charge is 2.28. The third-order valence-corrected chi connectivity index (χ3v) is 6.01. The number of carbonyl (C=O) groups excluding carboxylic acids is 1. The van der Waals surface area contributed by atoms with Gasteiger partial charge >= 0.3 is 0 Å². The van der Waals surface area contributed by atoms with Gasteiger partial charge in [-0.1, -0.05) is 4.49 Å². The van der Waals surface area contributed by atoms with Crippen LogP contribution in [0.2, 0.25) is 0 Å². The number of nitrogens with zero attached hydrogens (tertiary/aromatic N) is 6. The van der Waals surface area contributed by atoms with Gasteiger partial charge in [0, 0.05) is 36.8 Å². The number of hydrogen-bond donors (Lipinski definition) is 0. The highest BCUT2D eigenvalue weighted by atomic mass is 32.1. The van der Waals surface area contributed by atoms with Gasteiger partial charge in [-0.3, -0.25) is 4.79 Å². The zero-order valence-corrected chi connectivity index (χ0v) is 15.5. The quantitative estimate of drug-likeness (QED) is 0.701. The van der Waals surface area contributed by atoms with E-state index in [4.69, 9.17) is 0 Å². The van der Waals surface area contributed by atoms with Crippen LogP contribution in [0, 0.1) is 6.92 Å². The lowest BCUT2D eigenvalue weighted by Crippen LogP contribution is -2.38. The van der Waals surface area contributed by atoms with Gasteiger partial charge in [0.05, 0.1) is 23.4 Å². The molecule has 1 aliphatic rings. The van der Waals surface area contributed by atoms with E-state index in [2.05, 4.69) is 29.5 Å². The number of piperidine rings is 1. The number of thiazole rings is 1. The van der Waals surface area contributed by atoms with E-state index in [1.807, 2.05) is 29.7 Å². The van der Waals surface area contributed by atoms with Crippen LogP contribution in [0.1, 0.15) is 45.6 Å². The minimum atomic E-state index is 0.0526. The van der Waals surface area contributed by atoms with Crippen molar-refractivity contribution in [3.8, 4) is 0 Å². The van der Waals surface area contributed by atoms with E-state index in [9.17, 15) is 4.79 Å². The maximum atomic E-state index is 12.6. The van der Waals surface area contributed by atoms with Gasteiger partial charge in [-0.15, -0.1) is 16.4 Å². The Morgan fingerprint density at radius 3 is 2.84 bits per heavy atom. The van der Waals surface area contributed by atoms with Crippen molar-refractivity contribution >= 4 is 28.8 Å². The summed E-state index contributed by atoms with van der Waals surface area (Å²) in [5, 5.41) is 6.00. The van der Waals surface area contributed by atoms with Crippen molar-refractivity contribution in [2.75, 3.05) is 13.1 Å². The van der Waals surface area contributed by atoms with Gasteiger partial charge in [-0.05, 0) is 31.3 Å². The van der Waals surface area contributed by atoms with Crippen LogP contribution in [0.4, 0.5) is 0 Å². The summed E-state index contributed by atoms with van der Waals surface area (Å²) >= 11 is 2.79. The van der Waals surface area contributed by atoms with E-state index >= 15 is 0 Å². The molecule has 9 heteroatoms. The first kappa shape index (κ1) is 16.3. The van der Waals surface area contributed by atoms with E-state index in [1.165, 1.54) is 11.5 Å². The third kappa shape index (κ3) is 3.34. The Hall–Kier alpha value is -2.13. The lowest BCUT2D eigenvalue weighted by Gasteiger charge is -2.31. The zero-order valence-electron chi connectivity index (χ0n) is 13.8. The van der Waals surface area contributed by atoms with Crippen LogP contribution in [-0.2, 0) is 6.54 Å².